The third kappa shape index (κ3) is 2.69. The van der Waals surface area contributed by atoms with Crippen molar-refractivity contribution in [3.8, 4) is 11.3 Å². The highest BCUT2D eigenvalue weighted by Crippen LogP contribution is 2.33. The number of aromatic amines is 1. The van der Waals surface area contributed by atoms with Crippen molar-refractivity contribution in [2.24, 2.45) is 0 Å². The summed E-state index contributed by atoms with van der Waals surface area (Å²) in [6.45, 7) is 0. The first-order chi connectivity index (χ1) is 9.95. The minimum Gasteiger partial charge on any atom is -0.346 e. The number of fused-ring (bicyclic) bond motifs is 1. The van der Waals surface area contributed by atoms with Gasteiger partial charge in [0.05, 0.1) is 5.56 Å². The molecule has 0 bridgehead atoms. The van der Waals surface area contributed by atoms with Crippen LogP contribution >= 0.6 is 12.2 Å². The van der Waals surface area contributed by atoms with Crippen molar-refractivity contribution < 1.29 is 13.2 Å². The summed E-state index contributed by atoms with van der Waals surface area (Å²) >= 11 is 4.92. The summed E-state index contributed by atoms with van der Waals surface area (Å²) in [5.41, 5.74) is 0.325. The van der Waals surface area contributed by atoms with E-state index in [1.807, 2.05) is 36.4 Å². The summed E-state index contributed by atoms with van der Waals surface area (Å²) in [7, 11) is 0. The van der Waals surface area contributed by atoms with Gasteiger partial charge in [0.2, 0.25) is 0 Å². The van der Waals surface area contributed by atoms with Gasteiger partial charge in [0.1, 0.15) is 4.64 Å². The van der Waals surface area contributed by atoms with Crippen LogP contribution < -0.4 is 0 Å². The van der Waals surface area contributed by atoms with Gasteiger partial charge in [-0.15, -0.1) is 0 Å². The maximum atomic E-state index is 12.9. The lowest BCUT2D eigenvalue weighted by Gasteiger charge is -2.11. The first kappa shape index (κ1) is 13.8. The topological polar surface area (TPSA) is 15.8 Å². The summed E-state index contributed by atoms with van der Waals surface area (Å²) in [6, 6.07) is 15.1. The number of aromatic nitrogens is 1. The molecule has 0 amide bonds. The quantitative estimate of drug-likeness (QED) is 0.580. The van der Waals surface area contributed by atoms with Crippen LogP contribution in [0.1, 0.15) is 5.56 Å². The van der Waals surface area contributed by atoms with Crippen molar-refractivity contribution in [3.63, 3.8) is 0 Å². The lowest BCUT2D eigenvalue weighted by atomic mass is 10.0. The molecule has 3 rings (SSSR count). The molecule has 0 saturated carbocycles. The SMILES string of the molecule is FC(F)(F)c1cc(-c2cccc3ccccc23)[nH]c(=S)c1. The van der Waals surface area contributed by atoms with Crippen molar-refractivity contribution in [2.45, 2.75) is 6.18 Å². The van der Waals surface area contributed by atoms with Crippen LogP contribution in [0.25, 0.3) is 22.0 Å². The molecule has 1 nitrogen and oxygen atoms in total. The van der Waals surface area contributed by atoms with Crippen LogP contribution in [0.3, 0.4) is 0 Å². The van der Waals surface area contributed by atoms with Gasteiger partial charge in [-0.05, 0) is 22.9 Å². The number of hydrogen-bond donors (Lipinski definition) is 1. The average Bonchev–Trinajstić information content (AvgIpc) is 2.45. The van der Waals surface area contributed by atoms with Gasteiger partial charge in [0.15, 0.2) is 0 Å². The number of nitrogens with one attached hydrogen (secondary N) is 1. The Morgan fingerprint density at radius 3 is 2.38 bits per heavy atom. The Balaban J connectivity index is 2.29. The Hall–Kier alpha value is -2.14. The van der Waals surface area contributed by atoms with Gasteiger partial charge < -0.3 is 4.98 Å². The Kier molecular flexibility index (Phi) is 3.29. The maximum Gasteiger partial charge on any atom is 0.416 e. The van der Waals surface area contributed by atoms with E-state index in [9.17, 15) is 13.2 Å². The molecule has 3 aromatic rings. The molecule has 0 atom stereocenters. The van der Waals surface area contributed by atoms with E-state index in [1.165, 1.54) is 0 Å². The van der Waals surface area contributed by atoms with E-state index in [0.29, 0.717) is 11.3 Å². The second-order valence-corrected chi connectivity index (χ2v) is 5.11. The van der Waals surface area contributed by atoms with Gasteiger partial charge in [-0.1, -0.05) is 54.7 Å². The van der Waals surface area contributed by atoms with Crippen molar-refractivity contribution in [3.05, 3.63) is 64.8 Å². The standard InChI is InChI=1S/C16H10F3NS/c17-16(18,19)11-8-14(20-15(21)9-11)13-7-3-5-10-4-1-2-6-12(10)13/h1-9H,(H,20,21). The Bertz CT molecular complexity index is 860. The number of hydrogen-bond acceptors (Lipinski definition) is 1. The van der Waals surface area contributed by atoms with Gasteiger partial charge in [-0.25, -0.2) is 0 Å². The fourth-order valence-electron chi connectivity index (χ4n) is 2.31. The zero-order valence-corrected chi connectivity index (χ0v) is 11.6. The van der Waals surface area contributed by atoms with E-state index in [4.69, 9.17) is 12.2 Å². The van der Waals surface area contributed by atoms with Gasteiger partial charge in [-0.2, -0.15) is 13.2 Å². The van der Waals surface area contributed by atoms with Gasteiger partial charge in [-0.3, -0.25) is 0 Å². The highest BCUT2D eigenvalue weighted by atomic mass is 32.1. The van der Waals surface area contributed by atoms with Crippen LogP contribution in [-0.4, -0.2) is 4.98 Å². The molecule has 0 aliphatic rings. The number of halogens is 3. The van der Waals surface area contributed by atoms with Crippen molar-refractivity contribution in [1.82, 2.24) is 4.98 Å². The molecule has 2 aromatic carbocycles. The van der Waals surface area contributed by atoms with Crippen molar-refractivity contribution in [2.75, 3.05) is 0 Å². The zero-order valence-electron chi connectivity index (χ0n) is 10.7. The molecule has 21 heavy (non-hydrogen) atoms. The molecule has 1 aromatic heterocycles. The van der Waals surface area contributed by atoms with Crippen LogP contribution in [0, 0.1) is 4.64 Å². The molecule has 1 N–H and O–H groups in total. The third-order valence-corrected chi connectivity index (χ3v) is 3.47. The van der Waals surface area contributed by atoms with Crippen LogP contribution in [0.5, 0.6) is 0 Å². The summed E-state index contributed by atoms with van der Waals surface area (Å²) in [6.07, 6.45) is -4.41. The Labute approximate surface area is 124 Å². The third-order valence-electron chi connectivity index (χ3n) is 3.25. The molecule has 0 aliphatic carbocycles. The van der Waals surface area contributed by atoms with Crippen LogP contribution in [0.4, 0.5) is 13.2 Å². The Morgan fingerprint density at radius 1 is 0.905 bits per heavy atom. The largest absolute Gasteiger partial charge is 0.416 e. The van der Waals surface area contributed by atoms with Crippen LogP contribution in [-0.2, 0) is 6.18 Å². The van der Waals surface area contributed by atoms with Crippen LogP contribution in [0.2, 0.25) is 0 Å². The number of rotatable bonds is 1. The summed E-state index contributed by atoms with van der Waals surface area (Å²) in [4.78, 5) is 2.84. The lowest BCUT2D eigenvalue weighted by molar-refractivity contribution is -0.137. The molecule has 0 fully saturated rings. The zero-order chi connectivity index (χ0) is 15.0. The molecule has 0 spiro atoms. The average molecular weight is 305 g/mol. The highest BCUT2D eigenvalue weighted by Gasteiger charge is 2.31. The summed E-state index contributed by atoms with van der Waals surface area (Å²) in [5, 5.41) is 1.84. The number of benzene rings is 2. The van der Waals surface area contributed by atoms with Gasteiger partial charge >= 0.3 is 6.18 Å². The second kappa shape index (κ2) is 5.00. The van der Waals surface area contributed by atoms with E-state index >= 15 is 0 Å². The van der Waals surface area contributed by atoms with E-state index in [1.54, 1.807) is 6.07 Å². The normalized spacial score (nSPS) is 11.8. The first-order valence-corrected chi connectivity index (χ1v) is 6.66. The number of alkyl halides is 3. The summed E-state index contributed by atoms with van der Waals surface area (Å²) < 4.78 is 38.8. The lowest BCUT2D eigenvalue weighted by Crippen LogP contribution is -2.05. The highest BCUT2D eigenvalue weighted by molar-refractivity contribution is 7.71. The molecule has 106 valence electrons. The number of H-pyrrole nitrogens is 1. The molecule has 0 unspecified atom stereocenters. The van der Waals surface area contributed by atoms with E-state index < -0.39 is 11.7 Å². The minimum absolute atomic E-state index is 0.0627. The molecule has 0 radical (unpaired) electrons. The maximum absolute atomic E-state index is 12.9. The summed E-state index contributed by atoms with van der Waals surface area (Å²) in [5.74, 6) is 0. The van der Waals surface area contributed by atoms with E-state index in [0.717, 1.165) is 22.9 Å². The predicted octanol–water partition coefficient (Wildman–Crippen LogP) is 5.58. The van der Waals surface area contributed by atoms with Crippen molar-refractivity contribution in [1.29, 1.82) is 0 Å². The monoisotopic (exact) mass is 305 g/mol. The molecule has 0 saturated heterocycles. The van der Waals surface area contributed by atoms with Crippen molar-refractivity contribution >= 4 is 23.0 Å². The molecule has 5 heteroatoms. The predicted molar refractivity (Wildman–Crippen MR) is 79.6 cm³/mol. The first-order valence-electron chi connectivity index (χ1n) is 6.25. The number of pyridine rings is 1. The second-order valence-electron chi connectivity index (χ2n) is 4.67. The van der Waals surface area contributed by atoms with E-state index in [-0.39, 0.29) is 4.64 Å². The van der Waals surface area contributed by atoms with Gasteiger partial charge in [0.25, 0.3) is 0 Å². The molecular weight excluding hydrogens is 295 g/mol. The molecule has 1 heterocycles. The fraction of sp³-hybridized carbons (Fsp3) is 0.0625. The van der Waals surface area contributed by atoms with Gasteiger partial charge in [0, 0.05) is 11.3 Å². The minimum atomic E-state index is -4.41. The molecular formula is C16H10F3NS. The fourth-order valence-corrected chi connectivity index (χ4v) is 2.55. The van der Waals surface area contributed by atoms with E-state index in [2.05, 4.69) is 4.98 Å². The van der Waals surface area contributed by atoms with Crippen LogP contribution in [0.15, 0.2) is 54.6 Å². The molecule has 0 aliphatic heterocycles. The Morgan fingerprint density at radius 2 is 1.62 bits per heavy atom. The smallest absolute Gasteiger partial charge is 0.346 e.